The number of carbonyl (C=O) groups is 3. The fraction of sp³-hybridized carbons (Fsp3) is 0.235. The van der Waals surface area contributed by atoms with E-state index in [0.29, 0.717) is 28.9 Å². The molecule has 208 valence electrons. The number of unbranched alkanes of at least 4 members (excludes halogenated alkanes) is 1. The zero-order valence-corrected chi connectivity index (χ0v) is 23.6. The summed E-state index contributed by atoms with van der Waals surface area (Å²) in [6.45, 7) is 5.90. The maximum absolute atomic E-state index is 14.9. The zero-order chi connectivity index (χ0) is 29.0. The Morgan fingerprint density at radius 2 is 1.32 bits per heavy atom. The van der Waals surface area contributed by atoms with Crippen LogP contribution in [-0.2, 0) is 9.59 Å². The van der Waals surface area contributed by atoms with Gasteiger partial charge < -0.3 is 5.32 Å². The Labute approximate surface area is 240 Å². The maximum atomic E-state index is 14.9. The Hall–Kier alpha value is -4.78. The lowest BCUT2D eigenvalue weighted by atomic mass is 9.72. The van der Waals surface area contributed by atoms with Crippen molar-refractivity contribution < 1.29 is 14.4 Å². The smallest absolute Gasteiger partial charge is 0.264 e. The highest BCUT2D eigenvalue weighted by atomic mass is 16.2. The van der Waals surface area contributed by atoms with Crippen LogP contribution >= 0.6 is 0 Å². The van der Waals surface area contributed by atoms with Gasteiger partial charge in [0, 0.05) is 18.0 Å². The highest BCUT2D eigenvalue weighted by Gasteiger charge is 2.63. The molecule has 7 nitrogen and oxygen atoms in total. The monoisotopic (exact) mass is 546 g/mol. The lowest BCUT2D eigenvalue weighted by Crippen LogP contribution is -2.49. The minimum absolute atomic E-state index is 0.258. The number of benzene rings is 3. The Balaban J connectivity index is 1.71. The summed E-state index contributed by atoms with van der Waals surface area (Å²) >= 11 is 0. The Bertz CT molecular complexity index is 1460. The normalized spacial score (nSPS) is 15.2. The van der Waals surface area contributed by atoms with Crippen LogP contribution in [0.4, 0.5) is 11.4 Å². The third kappa shape index (κ3) is 5.23. The molecule has 3 amide bonds. The summed E-state index contributed by atoms with van der Waals surface area (Å²) in [5, 5.41) is 6.06. The van der Waals surface area contributed by atoms with Crippen molar-refractivity contribution in [1.29, 1.82) is 0 Å². The van der Waals surface area contributed by atoms with E-state index in [1.54, 1.807) is 24.5 Å². The summed E-state index contributed by atoms with van der Waals surface area (Å²) < 4.78 is 0. The number of nitrogens with zero attached hydrogens (tertiary/aromatic N) is 3. The SMILES string of the molecule is CCCCC1(C(NC(=O)c2cc(C)cc(C)c2)c2ccncc2)C(=O)N(c2ccccc2)N(c2ccccc2)C1=O. The maximum Gasteiger partial charge on any atom is 0.264 e. The largest absolute Gasteiger partial charge is 0.344 e. The van der Waals surface area contributed by atoms with Crippen LogP contribution < -0.4 is 15.3 Å². The molecule has 3 aromatic carbocycles. The molecule has 1 aliphatic heterocycles. The number of hydrogen-bond donors (Lipinski definition) is 1. The molecule has 2 heterocycles. The van der Waals surface area contributed by atoms with Gasteiger partial charge in [0.05, 0.1) is 17.4 Å². The molecule has 41 heavy (non-hydrogen) atoms. The molecule has 1 N–H and O–H groups in total. The first kappa shape index (κ1) is 27.8. The summed E-state index contributed by atoms with van der Waals surface area (Å²) in [5.41, 5.74) is 2.56. The molecule has 0 spiro atoms. The Morgan fingerprint density at radius 3 is 1.80 bits per heavy atom. The number of aryl methyl sites for hydroxylation is 2. The van der Waals surface area contributed by atoms with Crippen LogP contribution in [0.15, 0.2) is 103 Å². The van der Waals surface area contributed by atoms with E-state index in [1.165, 1.54) is 10.0 Å². The van der Waals surface area contributed by atoms with Crippen LogP contribution in [0, 0.1) is 19.3 Å². The fourth-order valence-corrected chi connectivity index (χ4v) is 5.68. The predicted molar refractivity (Wildman–Crippen MR) is 160 cm³/mol. The van der Waals surface area contributed by atoms with Crippen LogP contribution in [0.5, 0.6) is 0 Å². The van der Waals surface area contributed by atoms with E-state index in [2.05, 4.69) is 10.3 Å². The summed E-state index contributed by atoms with van der Waals surface area (Å²) in [7, 11) is 0. The van der Waals surface area contributed by atoms with Crippen molar-refractivity contribution >= 4 is 29.1 Å². The first-order valence-electron chi connectivity index (χ1n) is 13.9. The first-order chi connectivity index (χ1) is 19.9. The summed E-state index contributed by atoms with van der Waals surface area (Å²) in [4.78, 5) is 47.7. The van der Waals surface area contributed by atoms with E-state index in [4.69, 9.17) is 0 Å². The van der Waals surface area contributed by atoms with Crippen molar-refractivity contribution in [3.63, 3.8) is 0 Å². The minimum Gasteiger partial charge on any atom is -0.344 e. The van der Waals surface area contributed by atoms with E-state index >= 15 is 0 Å². The molecule has 4 aromatic rings. The lowest BCUT2D eigenvalue weighted by Gasteiger charge is -2.34. The molecule has 7 heteroatoms. The van der Waals surface area contributed by atoms with Crippen molar-refractivity contribution in [2.24, 2.45) is 5.41 Å². The molecule has 1 saturated heterocycles. The number of hydrazine groups is 1. The molecule has 0 bridgehead atoms. The molecule has 0 saturated carbocycles. The van der Waals surface area contributed by atoms with Crippen LogP contribution in [0.2, 0.25) is 0 Å². The third-order valence-electron chi connectivity index (χ3n) is 7.57. The topological polar surface area (TPSA) is 82.6 Å². The number of nitrogens with one attached hydrogen (secondary N) is 1. The second kappa shape index (κ2) is 11.8. The van der Waals surface area contributed by atoms with Crippen molar-refractivity contribution in [2.75, 3.05) is 10.0 Å². The van der Waals surface area contributed by atoms with Gasteiger partial charge in [-0.05, 0) is 74.4 Å². The molecule has 0 aliphatic carbocycles. The number of para-hydroxylation sites is 2. The minimum atomic E-state index is -1.60. The molecule has 1 atom stereocenters. The van der Waals surface area contributed by atoms with Crippen molar-refractivity contribution in [1.82, 2.24) is 10.3 Å². The van der Waals surface area contributed by atoms with Gasteiger partial charge >= 0.3 is 0 Å². The number of carbonyl (C=O) groups excluding carboxylic acids is 3. The van der Waals surface area contributed by atoms with E-state index in [1.807, 2.05) is 99.6 Å². The molecule has 1 fully saturated rings. The molecule has 1 aromatic heterocycles. The Morgan fingerprint density at radius 1 is 0.805 bits per heavy atom. The van der Waals surface area contributed by atoms with Gasteiger partial charge in [-0.2, -0.15) is 0 Å². The van der Waals surface area contributed by atoms with E-state index < -0.39 is 11.5 Å². The second-order valence-electron chi connectivity index (χ2n) is 10.5. The second-order valence-corrected chi connectivity index (χ2v) is 10.5. The average Bonchev–Trinajstić information content (AvgIpc) is 3.21. The Kier molecular flexibility index (Phi) is 7.97. The van der Waals surface area contributed by atoms with Gasteiger partial charge in [-0.25, -0.2) is 10.0 Å². The van der Waals surface area contributed by atoms with Crippen LogP contribution in [0.3, 0.4) is 0 Å². The van der Waals surface area contributed by atoms with Gasteiger partial charge in [0.25, 0.3) is 17.7 Å². The number of rotatable bonds is 9. The van der Waals surface area contributed by atoms with Gasteiger partial charge in [0.1, 0.15) is 0 Å². The molecule has 1 unspecified atom stereocenters. The number of aromatic nitrogens is 1. The van der Waals surface area contributed by atoms with E-state index in [0.717, 1.165) is 17.5 Å². The van der Waals surface area contributed by atoms with Gasteiger partial charge in [0.15, 0.2) is 5.41 Å². The third-order valence-corrected chi connectivity index (χ3v) is 7.57. The predicted octanol–water partition coefficient (Wildman–Crippen LogP) is 6.34. The van der Waals surface area contributed by atoms with Gasteiger partial charge in [0.2, 0.25) is 0 Å². The number of anilines is 2. The summed E-state index contributed by atoms with van der Waals surface area (Å²) in [6.07, 6.45) is 4.88. The van der Waals surface area contributed by atoms with Gasteiger partial charge in [-0.1, -0.05) is 73.4 Å². The molecule has 5 rings (SSSR count). The van der Waals surface area contributed by atoms with Crippen molar-refractivity contribution in [3.05, 3.63) is 126 Å². The van der Waals surface area contributed by atoms with Crippen LogP contribution in [-0.4, -0.2) is 22.7 Å². The standard InChI is InChI=1S/C34H34N4O3/c1-4-5-18-34(30(26-16-19-35-20-17-26)36-31(39)27-22-24(2)21-25(3)23-27)32(40)37(28-12-8-6-9-13-28)38(33(34)41)29-14-10-7-11-15-29/h6-17,19-23,30H,4-5,18H2,1-3H3,(H,36,39). The van der Waals surface area contributed by atoms with Crippen LogP contribution in [0.25, 0.3) is 0 Å². The quantitative estimate of drug-likeness (QED) is 0.248. The molecule has 1 aliphatic rings. The van der Waals surface area contributed by atoms with Crippen LogP contribution in [0.1, 0.15) is 59.3 Å². The zero-order valence-electron chi connectivity index (χ0n) is 23.6. The van der Waals surface area contributed by atoms with Gasteiger partial charge in [-0.15, -0.1) is 0 Å². The lowest BCUT2D eigenvalue weighted by molar-refractivity contribution is -0.137. The highest BCUT2D eigenvalue weighted by Crippen LogP contribution is 2.49. The number of pyridine rings is 1. The highest BCUT2D eigenvalue weighted by molar-refractivity contribution is 6.27. The average molecular weight is 547 g/mol. The van der Waals surface area contributed by atoms with Gasteiger partial charge in [-0.3, -0.25) is 19.4 Å². The fourth-order valence-electron chi connectivity index (χ4n) is 5.68. The van der Waals surface area contributed by atoms with E-state index in [-0.39, 0.29) is 24.1 Å². The van der Waals surface area contributed by atoms with Crippen molar-refractivity contribution in [2.45, 2.75) is 46.1 Å². The molecular weight excluding hydrogens is 512 g/mol. The number of amides is 3. The first-order valence-corrected chi connectivity index (χ1v) is 13.9. The summed E-state index contributed by atoms with van der Waals surface area (Å²) in [5.74, 6) is -1.11. The van der Waals surface area contributed by atoms with E-state index in [9.17, 15) is 14.4 Å². The molecular formula is C34H34N4O3. The van der Waals surface area contributed by atoms with Crippen molar-refractivity contribution in [3.8, 4) is 0 Å². The molecule has 0 radical (unpaired) electrons. The number of hydrogen-bond acceptors (Lipinski definition) is 4. The summed E-state index contributed by atoms with van der Waals surface area (Å²) in [6, 6.07) is 26.6.